The second kappa shape index (κ2) is 11.4. The van der Waals surface area contributed by atoms with Crippen LogP contribution in [0.3, 0.4) is 0 Å². The van der Waals surface area contributed by atoms with Crippen LogP contribution in [0.25, 0.3) is 0 Å². The second-order valence-corrected chi connectivity index (χ2v) is 8.11. The zero-order valence-electron chi connectivity index (χ0n) is 16.9. The van der Waals surface area contributed by atoms with Crippen LogP contribution in [0.4, 0.5) is 13.2 Å². The number of halogens is 3. The maximum absolute atomic E-state index is 12.8. The van der Waals surface area contributed by atoms with Crippen LogP contribution in [0.1, 0.15) is 42.1 Å². The molecule has 2 N–H and O–H groups in total. The maximum Gasteiger partial charge on any atom is 0.416 e. The van der Waals surface area contributed by atoms with E-state index >= 15 is 0 Å². The molecule has 30 heavy (non-hydrogen) atoms. The molecular formula is C22H26F3NO3S. The highest BCUT2D eigenvalue weighted by atomic mass is 32.2. The Hall–Kier alpha value is -2.03. The molecule has 0 amide bonds. The largest absolute Gasteiger partial charge is 0.469 e. The van der Waals surface area contributed by atoms with Gasteiger partial charge in [0.05, 0.1) is 25.2 Å². The normalized spacial score (nSPS) is 13.7. The van der Waals surface area contributed by atoms with E-state index in [1.54, 1.807) is 11.8 Å². The number of hydrogen-bond donors (Lipinski definition) is 2. The Labute approximate surface area is 178 Å². The molecule has 0 spiro atoms. The van der Waals surface area contributed by atoms with Crippen LogP contribution in [0, 0.1) is 0 Å². The number of thioether (sulfide) groups is 1. The van der Waals surface area contributed by atoms with Crippen molar-refractivity contribution in [3.63, 3.8) is 0 Å². The topological polar surface area (TPSA) is 58.6 Å². The zero-order valence-corrected chi connectivity index (χ0v) is 17.7. The minimum absolute atomic E-state index is 0.160. The van der Waals surface area contributed by atoms with E-state index in [2.05, 4.69) is 10.1 Å². The summed E-state index contributed by atoms with van der Waals surface area (Å²) in [4.78, 5) is 12.2. The molecule has 2 aromatic rings. The van der Waals surface area contributed by atoms with Gasteiger partial charge in [0.15, 0.2) is 0 Å². The van der Waals surface area contributed by atoms with Gasteiger partial charge in [-0.3, -0.25) is 4.79 Å². The molecule has 0 aliphatic rings. The number of carbonyl (C=O) groups is 1. The molecule has 2 unspecified atom stereocenters. The predicted octanol–water partition coefficient (Wildman–Crippen LogP) is 4.79. The number of benzene rings is 2. The van der Waals surface area contributed by atoms with Crippen molar-refractivity contribution < 1.29 is 27.8 Å². The van der Waals surface area contributed by atoms with Gasteiger partial charge >= 0.3 is 12.1 Å². The highest BCUT2D eigenvalue weighted by molar-refractivity contribution is 7.99. The van der Waals surface area contributed by atoms with Gasteiger partial charge in [0.1, 0.15) is 0 Å². The summed E-state index contributed by atoms with van der Waals surface area (Å²) in [6.07, 6.45) is -5.09. The van der Waals surface area contributed by atoms with Crippen molar-refractivity contribution in [1.82, 2.24) is 5.32 Å². The molecule has 0 aliphatic carbocycles. The van der Waals surface area contributed by atoms with Crippen LogP contribution in [0.15, 0.2) is 53.4 Å². The molecule has 2 aromatic carbocycles. The molecule has 0 bridgehead atoms. The first kappa shape index (κ1) is 24.2. The molecule has 2 atom stereocenters. The molecule has 0 saturated heterocycles. The van der Waals surface area contributed by atoms with Crippen molar-refractivity contribution in [3.8, 4) is 0 Å². The van der Waals surface area contributed by atoms with Crippen molar-refractivity contribution in [2.45, 2.75) is 36.4 Å². The Morgan fingerprint density at radius 1 is 1.13 bits per heavy atom. The lowest BCUT2D eigenvalue weighted by Gasteiger charge is -2.17. The molecular weight excluding hydrogens is 415 g/mol. The van der Waals surface area contributed by atoms with Crippen molar-refractivity contribution in [3.05, 3.63) is 65.2 Å². The summed E-state index contributed by atoms with van der Waals surface area (Å²) in [7, 11) is 1.37. The second-order valence-electron chi connectivity index (χ2n) is 6.94. The zero-order chi connectivity index (χ0) is 22.1. The lowest BCUT2D eigenvalue weighted by molar-refractivity contribution is -0.140. The molecule has 8 heteroatoms. The first-order chi connectivity index (χ1) is 14.2. The van der Waals surface area contributed by atoms with Crippen molar-refractivity contribution in [2.75, 3.05) is 26.0 Å². The fraction of sp³-hybridized carbons (Fsp3) is 0.409. The van der Waals surface area contributed by atoms with Crippen molar-refractivity contribution in [1.29, 1.82) is 0 Å². The molecule has 0 heterocycles. The van der Waals surface area contributed by atoms with Gasteiger partial charge in [-0.25, -0.2) is 0 Å². The van der Waals surface area contributed by atoms with E-state index in [1.165, 1.54) is 19.2 Å². The third-order valence-corrected chi connectivity index (χ3v) is 5.65. The SMILES string of the molecule is COC(=O)CCSc1ccc(C(C)CNCC(O)c2cccc(C(F)(F)F)c2)cc1. The number of carbonyl (C=O) groups excluding carboxylic acids is 1. The highest BCUT2D eigenvalue weighted by Gasteiger charge is 2.30. The highest BCUT2D eigenvalue weighted by Crippen LogP contribution is 2.30. The Morgan fingerprint density at radius 2 is 1.83 bits per heavy atom. The van der Waals surface area contributed by atoms with Gasteiger partial charge in [0.25, 0.3) is 0 Å². The minimum atomic E-state index is -4.43. The predicted molar refractivity (Wildman–Crippen MR) is 111 cm³/mol. The lowest BCUT2D eigenvalue weighted by Crippen LogP contribution is -2.25. The quantitative estimate of drug-likeness (QED) is 0.410. The summed E-state index contributed by atoms with van der Waals surface area (Å²) in [5, 5.41) is 13.3. The molecule has 0 aromatic heterocycles. The number of methoxy groups -OCH3 is 1. The Kier molecular flexibility index (Phi) is 9.20. The van der Waals surface area contributed by atoms with E-state index in [0.29, 0.717) is 18.7 Å². The van der Waals surface area contributed by atoms with E-state index in [9.17, 15) is 23.1 Å². The number of aliphatic hydroxyl groups is 1. The first-order valence-corrected chi connectivity index (χ1v) is 10.5. The van der Waals surface area contributed by atoms with Crippen LogP contribution in [-0.2, 0) is 15.7 Å². The molecule has 0 aliphatic heterocycles. The third-order valence-electron chi connectivity index (χ3n) is 4.64. The van der Waals surface area contributed by atoms with Gasteiger partial charge in [0, 0.05) is 23.7 Å². The Morgan fingerprint density at radius 3 is 2.47 bits per heavy atom. The smallest absolute Gasteiger partial charge is 0.416 e. The summed E-state index contributed by atoms with van der Waals surface area (Å²) in [5.74, 6) is 0.579. The standard InChI is InChI=1S/C22H26F3NO3S/c1-15(16-6-8-19(9-7-16)30-11-10-21(28)29-2)13-26-14-20(27)17-4-3-5-18(12-17)22(23,24)25/h3-9,12,15,20,26-27H,10-11,13-14H2,1-2H3. The first-order valence-electron chi connectivity index (χ1n) is 9.56. The van der Waals surface area contributed by atoms with E-state index in [-0.39, 0.29) is 24.0 Å². The van der Waals surface area contributed by atoms with Gasteiger partial charge in [0.2, 0.25) is 0 Å². The number of ether oxygens (including phenoxy) is 1. The van der Waals surface area contributed by atoms with Crippen LogP contribution >= 0.6 is 11.8 Å². The number of rotatable bonds is 10. The van der Waals surface area contributed by atoms with E-state index < -0.39 is 17.8 Å². The van der Waals surface area contributed by atoms with Gasteiger partial charge in [-0.05, 0) is 41.3 Å². The van der Waals surface area contributed by atoms with Gasteiger partial charge in [-0.15, -0.1) is 11.8 Å². The number of hydrogen-bond acceptors (Lipinski definition) is 5. The van der Waals surface area contributed by atoms with E-state index in [1.807, 2.05) is 31.2 Å². The fourth-order valence-electron chi connectivity index (χ4n) is 2.84. The minimum Gasteiger partial charge on any atom is -0.469 e. The third kappa shape index (κ3) is 7.66. The number of esters is 1. The van der Waals surface area contributed by atoms with E-state index in [0.717, 1.165) is 22.6 Å². The fourth-order valence-corrected chi connectivity index (χ4v) is 3.67. The summed E-state index contributed by atoms with van der Waals surface area (Å²) >= 11 is 1.58. The average molecular weight is 442 g/mol. The summed E-state index contributed by atoms with van der Waals surface area (Å²) < 4.78 is 43.0. The van der Waals surface area contributed by atoms with Crippen LogP contribution in [-0.4, -0.2) is 37.0 Å². The molecule has 4 nitrogen and oxygen atoms in total. The van der Waals surface area contributed by atoms with Gasteiger partial charge in [-0.2, -0.15) is 13.2 Å². The van der Waals surface area contributed by atoms with Crippen LogP contribution < -0.4 is 5.32 Å². The van der Waals surface area contributed by atoms with Crippen molar-refractivity contribution in [2.24, 2.45) is 0 Å². The maximum atomic E-state index is 12.8. The molecule has 0 saturated carbocycles. The molecule has 0 radical (unpaired) electrons. The Balaban J connectivity index is 1.80. The van der Waals surface area contributed by atoms with Crippen LogP contribution in [0.2, 0.25) is 0 Å². The van der Waals surface area contributed by atoms with Gasteiger partial charge in [-0.1, -0.05) is 31.2 Å². The summed E-state index contributed by atoms with van der Waals surface area (Å²) in [5.41, 5.74) is 0.573. The lowest BCUT2D eigenvalue weighted by atomic mass is 10.0. The van der Waals surface area contributed by atoms with Crippen molar-refractivity contribution >= 4 is 17.7 Å². The Bertz CT molecular complexity index is 812. The van der Waals surface area contributed by atoms with Gasteiger partial charge < -0.3 is 15.2 Å². The van der Waals surface area contributed by atoms with E-state index in [4.69, 9.17) is 0 Å². The summed E-state index contributed by atoms with van der Waals surface area (Å²) in [6, 6.07) is 12.8. The number of alkyl halides is 3. The molecule has 2 rings (SSSR count). The number of nitrogens with one attached hydrogen (secondary N) is 1. The van der Waals surface area contributed by atoms with Crippen LogP contribution in [0.5, 0.6) is 0 Å². The monoisotopic (exact) mass is 441 g/mol. The molecule has 164 valence electrons. The average Bonchev–Trinajstić information content (AvgIpc) is 2.73. The number of aliphatic hydroxyl groups excluding tert-OH is 1. The summed E-state index contributed by atoms with van der Waals surface area (Å²) in [6.45, 7) is 2.76. The molecule has 0 fully saturated rings.